The summed E-state index contributed by atoms with van der Waals surface area (Å²) >= 11 is 0. The maximum absolute atomic E-state index is 5.14. The Balaban J connectivity index is 1.69. The Hall–Kier alpha value is -1.07. The molecule has 0 aliphatic carbocycles. The van der Waals surface area contributed by atoms with Crippen LogP contribution in [0, 0.1) is 18.8 Å². The lowest BCUT2D eigenvalue weighted by Gasteiger charge is -2.20. The van der Waals surface area contributed by atoms with E-state index in [9.17, 15) is 0 Å². The van der Waals surface area contributed by atoms with Crippen LogP contribution in [0.3, 0.4) is 0 Å². The largest absolute Gasteiger partial charge is 0.385 e. The van der Waals surface area contributed by atoms with Crippen molar-refractivity contribution in [3.05, 3.63) is 11.9 Å². The van der Waals surface area contributed by atoms with Crippen LogP contribution in [0.2, 0.25) is 0 Å². The quantitative estimate of drug-likeness (QED) is 0.802. The van der Waals surface area contributed by atoms with Gasteiger partial charge in [-0.15, -0.1) is 0 Å². The standard InChI is InChI=1S/C14H24N4O/c1-11-8-17(4-3-5-19-2)14(16-11)18-9-12-6-15-7-13(12)10-18/h8,12-13,15H,3-7,9-10H2,1-2H3. The van der Waals surface area contributed by atoms with Crippen molar-refractivity contribution in [2.24, 2.45) is 11.8 Å². The number of aromatic nitrogens is 2. The predicted octanol–water partition coefficient (Wildman–Crippen LogP) is 0.884. The van der Waals surface area contributed by atoms with Crippen molar-refractivity contribution in [3.8, 4) is 0 Å². The second kappa shape index (κ2) is 5.51. The van der Waals surface area contributed by atoms with E-state index in [-0.39, 0.29) is 0 Å². The van der Waals surface area contributed by atoms with Crippen LogP contribution >= 0.6 is 0 Å². The lowest BCUT2D eigenvalue weighted by molar-refractivity contribution is 0.190. The molecule has 1 aromatic rings. The smallest absolute Gasteiger partial charge is 0.205 e. The molecule has 2 unspecified atom stereocenters. The number of ether oxygens (including phenoxy) is 1. The molecule has 0 amide bonds. The highest BCUT2D eigenvalue weighted by Crippen LogP contribution is 2.30. The van der Waals surface area contributed by atoms with E-state index in [1.54, 1.807) is 7.11 Å². The summed E-state index contributed by atoms with van der Waals surface area (Å²) in [5, 5.41) is 3.49. The molecule has 0 bridgehead atoms. The Morgan fingerprint density at radius 1 is 1.37 bits per heavy atom. The van der Waals surface area contributed by atoms with Crippen LogP contribution in [0.25, 0.3) is 0 Å². The summed E-state index contributed by atoms with van der Waals surface area (Å²) in [6.07, 6.45) is 3.21. The van der Waals surface area contributed by atoms with Crippen molar-refractivity contribution < 1.29 is 4.74 Å². The SMILES string of the molecule is COCCCn1cc(C)nc1N1CC2CNCC2C1. The first-order valence-corrected chi connectivity index (χ1v) is 7.26. The summed E-state index contributed by atoms with van der Waals surface area (Å²) < 4.78 is 7.44. The molecule has 2 fully saturated rings. The van der Waals surface area contributed by atoms with E-state index in [0.717, 1.165) is 56.1 Å². The fourth-order valence-corrected chi connectivity index (χ4v) is 3.35. The third-order valence-corrected chi connectivity index (χ3v) is 4.30. The molecule has 0 aromatic carbocycles. The van der Waals surface area contributed by atoms with Gasteiger partial charge >= 0.3 is 0 Å². The number of methoxy groups -OCH3 is 1. The van der Waals surface area contributed by atoms with E-state index in [1.165, 1.54) is 13.1 Å². The maximum Gasteiger partial charge on any atom is 0.205 e. The van der Waals surface area contributed by atoms with Crippen molar-refractivity contribution in [2.45, 2.75) is 19.9 Å². The van der Waals surface area contributed by atoms with Gasteiger partial charge in [0.25, 0.3) is 0 Å². The molecule has 19 heavy (non-hydrogen) atoms. The Bertz CT molecular complexity index is 419. The highest BCUT2D eigenvalue weighted by molar-refractivity contribution is 5.36. The van der Waals surface area contributed by atoms with Gasteiger partial charge in [-0.25, -0.2) is 4.98 Å². The molecule has 0 spiro atoms. The zero-order valence-electron chi connectivity index (χ0n) is 11.9. The van der Waals surface area contributed by atoms with Crippen LogP contribution in [-0.4, -0.2) is 49.4 Å². The molecule has 1 N–H and O–H groups in total. The number of anilines is 1. The Labute approximate surface area is 114 Å². The number of rotatable bonds is 5. The van der Waals surface area contributed by atoms with E-state index in [1.807, 2.05) is 0 Å². The second-order valence-electron chi connectivity index (χ2n) is 5.81. The molecular formula is C14H24N4O. The maximum atomic E-state index is 5.14. The molecule has 0 saturated carbocycles. The summed E-state index contributed by atoms with van der Waals surface area (Å²) in [5.41, 5.74) is 1.11. The highest BCUT2D eigenvalue weighted by Gasteiger charge is 2.37. The first-order valence-electron chi connectivity index (χ1n) is 7.26. The van der Waals surface area contributed by atoms with Crippen LogP contribution in [0.1, 0.15) is 12.1 Å². The predicted molar refractivity (Wildman–Crippen MR) is 75.5 cm³/mol. The van der Waals surface area contributed by atoms with Gasteiger partial charge in [0.05, 0.1) is 5.69 Å². The van der Waals surface area contributed by atoms with E-state index in [4.69, 9.17) is 9.72 Å². The minimum absolute atomic E-state index is 0.810. The molecule has 5 nitrogen and oxygen atoms in total. The number of nitrogens with zero attached hydrogens (tertiary/aromatic N) is 3. The molecule has 3 heterocycles. The Morgan fingerprint density at radius 2 is 2.11 bits per heavy atom. The number of imidazole rings is 1. The van der Waals surface area contributed by atoms with Gasteiger partial charge in [0, 0.05) is 52.6 Å². The zero-order chi connectivity index (χ0) is 13.2. The summed E-state index contributed by atoms with van der Waals surface area (Å²) in [6.45, 7) is 8.53. The van der Waals surface area contributed by atoms with Crippen molar-refractivity contribution in [2.75, 3.05) is 44.8 Å². The minimum atomic E-state index is 0.810. The van der Waals surface area contributed by atoms with Crippen molar-refractivity contribution >= 4 is 5.95 Å². The molecule has 2 aliphatic rings. The van der Waals surface area contributed by atoms with Gasteiger partial charge in [-0.3, -0.25) is 0 Å². The van der Waals surface area contributed by atoms with Gasteiger partial charge in [-0.2, -0.15) is 0 Å². The van der Waals surface area contributed by atoms with Crippen LogP contribution < -0.4 is 10.2 Å². The lowest BCUT2D eigenvalue weighted by atomic mass is 10.0. The first-order chi connectivity index (χ1) is 9.28. The minimum Gasteiger partial charge on any atom is -0.385 e. The highest BCUT2D eigenvalue weighted by atomic mass is 16.5. The second-order valence-corrected chi connectivity index (χ2v) is 5.81. The monoisotopic (exact) mass is 264 g/mol. The molecule has 5 heteroatoms. The average Bonchev–Trinajstić information content (AvgIpc) is 3.02. The lowest BCUT2D eigenvalue weighted by Crippen LogP contribution is -2.28. The van der Waals surface area contributed by atoms with E-state index in [0.29, 0.717) is 0 Å². The summed E-state index contributed by atoms with van der Waals surface area (Å²) in [7, 11) is 1.76. The van der Waals surface area contributed by atoms with Gasteiger partial charge in [-0.05, 0) is 25.2 Å². The normalized spacial score (nSPS) is 26.1. The summed E-state index contributed by atoms with van der Waals surface area (Å²) in [4.78, 5) is 7.19. The Morgan fingerprint density at radius 3 is 2.79 bits per heavy atom. The van der Waals surface area contributed by atoms with Crippen molar-refractivity contribution in [1.29, 1.82) is 0 Å². The van der Waals surface area contributed by atoms with Crippen LogP contribution in [0.15, 0.2) is 6.20 Å². The van der Waals surface area contributed by atoms with Crippen LogP contribution in [0.5, 0.6) is 0 Å². The summed E-state index contributed by atoms with van der Waals surface area (Å²) in [6, 6.07) is 0. The fraction of sp³-hybridized carbons (Fsp3) is 0.786. The van der Waals surface area contributed by atoms with Gasteiger partial charge < -0.3 is 19.5 Å². The fourth-order valence-electron chi connectivity index (χ4n) is 3.35. The third kappa shape index (κ3) is 2.62. The van der Waals surface area contributed by atoms with E-state index < -0.39 is 0 Å². The molecule has 106 valence electrons. The average molecular weight is 264 g/mol. The zero-order valence-corrected chi connectivity index (χ0v) is 11.9. The third-order valence-electron chi connectivity index (χ3n) is 4.30. The molecular weight excluding hydrogens is 240 g/mol. The molecule has 3 rings (SSSR count). The van der Waals surface area contributed by atoms with Gasteiger partial charge in [0.1, 0.15) is 0 Å². The first kappa shape index (κ1) is 12.9. The number of aryl methyl sites for hydroxylation is 2. The molecule has 2 atom stereocenters. The van der Waals surface area contributed by atoms with Crippen LogP contribution in [0.4, 0.5) is 5.95 Å². The van der Waals surface area contributed by atoms with Crippen molar-refractivity contribution in [1.82, 2.24) is 14.9 Å². The van der Waals surface area contributed by atoms with Gasteiger partial charge in [0.2, 0.25) is 5.95 Å². The van der Waals surface area contributed by atoms with Gasteiger partial charge in [0.15, 0.2) is 0 Å². The summed E-state index contributed by atoms with van der Waals surface area (Å²) in [5.74, 6) is 2.77. The van der Waals surface area contributed by atoms with Crippen molar-refractivity contribution in [3.63, 3.8) is 0 Å². The van der Waals surface area contributed by atoms with E-state index >= 15 is 0 Å². The van der Waals surface area contributed by atoms with Crippen LogP contribution in [-0.2, 0) is 11.3 Å². The molecule has 0 radical (unpaired) electrons. The van der Waals surface area contributed by atoms with E-state index in [2.05, 4.69) is 27.9 Å². The molecule has 1 aromatic heterocycles. The number of hydrogen-bond donors (Lipinski definition) is 1. The molecule has 2 saturated heterocycles. The number of hydrogen-bond acceptors (Lipinski definition) is 4. The molecule has 2 aliphatic heterocycles. The number of fused-ring (bicyclic) bond motifs is 1. The van der Waals surface area contributed by atoms with Gasteiger partial charge in [-0.1, -0.05) is 0 Å². The Kier molecular flexibility index (Phi) is 3.75. The number of nitrogens with one attached hydrogen (secondary N) is 1. The topological polar surface area (TPSA) is 42.3 Å².